The molecule has 0 N–H and O–H groups in total. The maximum absolute atomic E-state index is 12.7. The molecule has 19 heavy (non-hydrogen) atoms. The van der Waals surface area contributed by atoms with Crippen molar-refractivity contribution in [2.45, 2.75) is 24.7 Å². The van der Waals surface area contributed by atoms with Crippen molar-refractivity contribution < 1.29 is 9.13 Å². The molecule has 6 heteroatoms. The highest BCUT2D eigenvalue weighted by molar-refractivity contribution is 9.09. The van der Waals surface area contributed by atoms with E-state index in [0.29, 0.717) is 18.9 Å². The van der Waals surface area contributed by atoms with E-state index in [2.05, 4.69) is 33.2 Å². The fourth-order valence-electron chi connectivity index (χ4n) is 1.56. The van der Waals surface area contributed by atoms with E-state index in [1.165, 1.54) is 12.1 Å². The van der Waals surface area contributed by atoms with E-state index < -0.39 is 0 Å². The fourth-order valence-corrected chi connectivity index (χ4v) is 1.77. The summed E-state index contributed by atoms with van der Waals surface area (Å²) in [5.41, 5.74) is 0.921. The second-order valence-electron chi connectivity index (χ2n) is 4.08. The summed E-state index contributed by atoms with van der Waals surface area (Å²) in [5.74, 6) is 0.380. The summed E-state index contributed by atoms with van der Waals surface area (Å²) in [5, 5.41) is 8.11. The van der Waals surface area contributed by atoms with Crippen molar-refractivity contribution in [1.82, 2.24) is 15.0 Å². The molecular formula is C13H15BrFN3O. The van der Waals surface area contributed by atoms with Gasteiger partial charge in [-0.3, -0.25) is 0 Å². The van der Waals surface area contributed by atoms with Crippen molar-refractivity contribution in [3.05, 3.63) is 42.0 Å². The van der Waals surface area contributed by atoms with E-state index in [-0.39, 0.29) is 10.6 Å². The minimum absolute atomic E-state index is 0.235. The van der Waals surface area contributed by atoms with Gasteiger partial charge in [0.1, 0.15) is 18.2 Å². The normalized spacial score (nSPS) is 12.4. The Morgan fingerprint density at radius 2 is 2.11 bits per heavy atom. The molecule has 102 valence electrons. The summed E-state index contributed by atoms with van der Waals surface area (Å²) in [4.78, 5) is 0.235. The molecule has 0 spiro atoms. The maximum Gasteiger partial charge on any atom is 0.123 e. The van der Waals surface area contributed by atoms with Crippen molar-refractivity contribution in [1.29, 1.82) is 0 Å². The summed E-state index contributed by atoms with van der Waals surface area (Å²) < 4.78 is 19.9. The molecule has 1 aromatic heterocycles. The average molecular weight is 328 g/mol. The number of hydrogen-bond donors (Lipinski definition) is 0. The van der Waals surface area contributed by atoms with Gasteiger partial charge in [0.25, 0.3) is 0 Å². The Hall–Kier alpha value is -1.43. The molecule has 0 amide bonds. The lowest BCUT2D eigenvalue weighted by Crippen LogP contribution is -2.08. The topological polar surface area (TPSA) is 39.9 Å². The van der Waals surface area contributed by atoms with Gasteiger partial charge in [-0.25, -0.2) is 9.07 Å². The van der Waals surface area contributed by atoms with Gasteiger partial charge in [0.2, 0.25) is 0 Å². The van der Waals surface area contributed by atoms with Crippen LogP contribution in [0, 0.1) is 5.82 Å². The van der Waals surface area contributed by atoms with E-state index >= 15 is 0 Å². The van der Waals surface area contributed by atoms with Gasteiger partial charge >= 0.3 is 0 Å². The third-order valence-corrected chi connectivity index (χ3v) is 3.76. The van der Waals surface area contributed by atoms with Crippen LogP contribution >= 0.6 is 15.9 Å². The van der Waals surface area contributed by atoms with Crippen LogP contribution in [0.1, 0.15) is 23.9 Å². The molecular weight excluding hydrogens is 313 g/mol. The molecule has 0 bridgehead atoms. The number of halogens is 2. The lowest BCUT2D eigenvalue weighted by molar-refractivity contribution is 0.289. The number of hydrogen-bond acceptors (Lipinski definition) is 3. The van der Waals surface area contributed by atoms with Crippen molar-refractivity contribution >= 4 is 15.9 Å². The van der Waals surface area contributed by atoms with E-state index in [4.69, 9.17) is 4.74 Å². The Kier molecular flexibility index (Phi) is 4.90. The van der Waals surface area contributed by atoms with E-state index in [0.717, 1.165) is 12.1 Å². The standard InChI is InChI=1S/C13H15BrFN3O/c1-2-12(14)13-9-18(17-16-13)7-8-19-11-5-3-10(15)4-6-11/h3-6,9,12H,2,7-8H2,1H3. The van der Waals surface area contributed by atoms with E-state index in [1.54, 1.807) is 16.8 Å². The molecule has 0 aliphatic rings. The highest BCUT2D eigenvalue weighted by Crippen LogP contribution is 2.23. The average Bonchev–Trinajstić information content (AvgIpc) is 2.89. The molecule has 1 heterocycles. The van der Waals surface area contributed by atoms with Crippen molar-refractivity contribution in [2.75, 3.05) is 6.61 Å². The lowest BCUT2D eigenvalue weighted by Gasteiger charge is -2.05. The van der Waals surface area contributed by atoms with Crippen LogP contribution in [0.15, 0.2) is 30.5 Å². The lowest BCUT2D eigenvalue weighted by atomic mass is 10.3. The summed E-state index contributed by atoms with van der Waals surface area (Å²) >= 11 is 3.53. The smallest absolute Gasteiger partial charge is 0.123 e. The Bertz CT molecular complexity index is 515. The first kappa shape index (κ1) is 14.0. The quantitative estimate of drug-likeness (QED) is 0.764. The molecule has 2 aromatic rings. The van der Waals surface area contributed by atoms with Crippen molar-refractivity contribution in [3.63, 3.8) is 0 Å². The third kappa shape index (κ3) is 4.02. The van der Waals surface area contributed by atoms with Crippen LogP contribution in [0.2, 0.25) is 0 Å². The van der Waals surface area contributed by atoms with E-state index in [9.17, 15) is 4.39 Å². The predicted octanol–water partition coefficient (Wildman–Crippen LogP) is 3.34. The SMILES string of the molecule is CCC(Br)c1cn(CCOc2ccc(F)cc2)nn1. The van der Waals surface area contributed by atoms with Gasteiger partial charge in [-0.2, -0.15) is 0 Å². The van der Waals surface area contributed by atoms with Gasteiger partial charge in [-0.05, 0) is 30.7 Å². The summed E-state index contributed by atoms with van der Waals surface area (Å²) in [7, 11) is 0. The number of ether oxygens (including phenoxy) is 1. The fraction of sp³-hybridized carbons (Fsp3) is 0.385. The van der Waals surface area contributed by atoms with Gasteiger partial charge in [0.15, 0.2) is 0 Å². The van der Waals surface area contributed by atoms with Crippen LogP contribution in [0.5, 0.6) is 5.75 Å². The van der Waals surface area contributed by atoms with Gasteiger partial charge in [0.05, 0.1) is 17.1 Å². The number of alkyl halides is 1. The first-order valence-electron chi connectivity index (χ1n) is 6.11. The summed E-state index contributed by atoms with van der Waals surface area (Å²) in [6.07, 6.45) is 2.86. The third-order valence-electron chi connectivity index (χ3n) is 2.64. The molecule has 1 aromatic carbocycles. The first-order valence-corrected chi connectivity index (χ1v) is 7.03. The first-order chi connectivity index (χ1) is 9.19. The summed E-state index contributed by atoms with van der Waals surface area (Å²) in [6.45, 7) is 3.15. The molecule has 1 atom stereocenters. The van der Waals surface area contributed by atoms with Crippen molar-refractivity contribution in [2.24, 2.45) is 0 Å². The van der Waals surface area contributed by atoms with E-state index in [1.807, 2.05) is 6.20 Å². The largest absolute Gasteiger partial charge is 0.492 e. The predicted molar refractivity (Wildman–Crippen MR) is 73.9 cm³/mol. The number of aromatic nitrogens is 3. The van der Waals surface area contributed by atoms with Crippen LogP contribution in [0.25, 0.3) is 0 Å². The maximum atomic E-state index is 12.7. The van der Waals surface area contributed by atoms with Crippen LogP contribution < -0.4 is 4.74 Å². The second-order valence-corrected chi connectivity index (χ2v) is 5.19. The number of nitrogens with zero attached hydrogens (tertiary/aromatic N) is 3. The van der Waals surface area contributed by atoms with Crippen LogP contribution in [0.3, 0.4) is 0 Å². The zero-order valence-corrected chi connectivity index (χ0v) is 12.2. The molecule has 0 fully saturated rings. The molecule has 1 unspecified atom stereocenters. The Morgan fingerprint density at radius 1 is 1.37 bits per heavy atom. The van der Waals surface area contributed by atoms with Crippen LogP contribution in [-0.2, 0) is 6.54 Å². The highest BCUT2D eigenvalue weighted by Gasteiger charge is 2.09. The Morgan fingerprint density at radius 3 is 2.79 bits per heavy atom. The Labute approximate surface area is 119 Å². The monoisotopic (exact) mass is 327 g/mol. The number of rotatable bonds is 6. The minimum atomic E-state index is -0.267. The zero-order valence-electron chi connectivity index (χ0n) is 10.6. The van der Waals surface area contributed by atoms with Crippen LogP contribution in [-0.4, -0.2) is 21.6 Å². The Balaban J connectivity index is 1.82. The molecule has 0 aliphatic carbocycles. The molecule has 0 radical (unpaired) electrons. The van der Waals surface area contributed by atoms with Gasteiger partial charge < -0.3 is 4.74 Å². The molecule has 0 saturated heterocycles. The number of benzene rings is 1. The molecule has 4 nitrogen and oxygen atoms in total. The van der Waals surface area contributed by atoms with Gasteiger partial charge in [-0.15, -0.1) is 5.10 Å². The zero-order chi connectivity index (χ0) is 13.7. The molecule has 2 rings (SSSR count). The molecule has 0 aliphatic heterocycles. The van der Waals surface area contributed by atoms with Gasteiger partial charge in [-0.1, -0.05) is 28.1 Å². The highest BCUT2D eigenvalue weighted by atomic mass is 79.9. The summed E-state index contributed by atoms with van der Waals surface area (Å²) in [6, 6.07) is 5.96. The second kappa shape index (κ2) is 6.65. The van der Waals surface area contributed by atoms with Gasteiger partial charge in [0, 0.05) is 6.20 Å². The van der Waals surface area contributed by atoms with Crippen LogP contribution in [0.4, 0.5) is 4.39 Å². The minimum Gasteiger partial charge on any atom is -0.492 e. The van der Waals surface area contributed by atoms with Crippen molar-refractivity contribution in [3.8, 4) is 5.75 Å². The molecule has 0 saturated carbocycles.